The van der Waals surface area contributed by atoms with Crippen molar-refractivity contribution in [1.29, 1.82) is 0 Å². The molecule has 3 aromatic rings. The van der Waals surface area contributed by atoms with Crippen LogP contribution in [0.5, 0.6) is 11.5 Å². The summed E-state index contributed by atoms with van der Waals surface area (Å²) in [6.07, 6.45) is 0. The third-order valence-electron chi connectivity index (χ3n) is 5.07. The van der Waals surface area contributed by atoms with E-state index in [4.69, 9.17) is 26.1 Å². The molecule has 170 valence electrons. The van der Waals surface area contributed by atoms with Gasteiger partial charge in [0.25, 0.3) is 5.91 Å². The number of halogens is 1. The lowest BCUT2D eigenvalue weighted by atomic mass is 10.1. The van der Waals surface area contributed by atoms with Gasteiger partial charge in [0.1, 0.15) is 24.1 Å². The molecule has 0 radical (unpaired) electrons. The van der Waals surface area contributed by atoms with Crippen molar-refractivity contribution in [3.05, 3.63) is 89.4 Å². The Morgan fingerprint density at radius 3 is 2.12 bits per heavy atom. The molecule has 33 heavy (non-hydrogen) atoms. The molecule has 0 aromatic heterocycles. The van der Waals surface area contributed by atoms with Crippen molar-refractivity contribution >= 4 is 29.2 Å². The van der Waals surface area contributed by atoms with Crippen LogP contribution in [0.1, 0.15) is 18.5 Å². The summed E-state index contributed by atoms with van der Waals surface area (Å²) in [5.41, 5.74) is 1.31. The van der Waals surface area contributed by atoms with Crippen molar-refractivity contribution in [1.82, 2.24) is 4.90 Å². The molecule has 1 aliphatic rings. The molecule has 7 nitrogen and oxygen atoms in total. The zero-order valence-electron chi connectivity index (χ0n) is 18.0. The van der Waals surface area contributed by atoms with E-state index in [9.17, 15) is 9.59 Å². The molecule has 3 amide bonds. The Bertz CT molecular complexity index is 1090. The third kappa shape index (κ3) is 5.17. The van der Waals surface area contributed by atoms with Gasteiger partial charge in [-0.2, -0.15) is 0 Å². The molecule has 0 saturated carbocycles. The highest BCUT2D eigenvalue weighted by molar-refractivity contribution is 6.30. The van der Waals surface area contributed by atoms with E-state index >= 15 is 0 Å². The summed E-state index contributed by atoms with van der Waals surface area (Å²) in [7, 11) is 0. The molecular weight excluding hydrogens is 444 g/mol. The predicted octanol–water partition coefficient (Wildman–Crippen LogP) is 5.61. The van der Waals surface area contributed by atoms with E-state index in [1.165, 1.54) is 9.80 Å². The van der Waals surface area contributed by atoms with E-state index in [0.717, 1.165) is 5.56 Å². The summed E-state index contributed by atoms with van der Waals surface area (Å²) >= 11 is 5.92. The summed E-state index contributed by atoms with van der Waals surface area (Å²) in [4.78, 5) is 39.1. The number of carbonyl (C=O) groups is 2. The van der Waals surface area contributed by atoms with Crippen LogP contribution in [0.15, 0.2) is 78.9 Å². The second-order valence-corrected chi connectivity index (χ2v) is 7.67. The fraction of sp³-hybridized carbons (Fsp3) is 0.200. The number of carbonyl (C=O) groups excluding carboxylic acids is 2. The molecule has 1 fully saturated rings. The minimum absolute atomic E-state index is 0.0918. The normalized spacial score (nSPS) is 15.9. The first kappa shape index (κ1) is 22.8. The molecule has 0 unspecified atom stereocenters. The average Bonchev–Trinajstić information content (AvgIpc) is 3.09. The van der Waals surface area contributed by atoms with Gasteiger partial charge in [0.2, 0.25) is 0 Å². The minimum Gasteiger partial charge on any atom is -0.457 e. The van der Waals surface area contributed by atoms with E-state index in [-0.39, 0.29) is 19.1 Å². The molecular formula is C25H23ClN2O5. The molecule has 0 aliphatic carbocycles. The molecule has 1 aliphatic heterocycles. The lowest BCUT2D eigenvalue weighted by molar-refractivity contribution is -0.291. The quantitative estimate of drug-likeness (QED) is 0.177. The van der Waals surface area contributed by atoms with E-state index in [1.54, 1.807) is 55.5 Å². The van der Waals surface area contributed by atoms with E-state index in [1.807, 2.05) is 30.3 Å². The number of amides is 3. The van der Waals surface area contributed by atoms with Gasteiger partial charge in [-0.3, -0.25) is 14.6 Å². The van der Waals surface area contributed by atoms with Crippen LogP contribution in [-0.4, -0.2) is 36.6 Å². The second kappa shape index (κ2) is 10.5. The Hall–Kier alpha value is -3.39. The molecule has 0 spiro atoms. The molecule has 1 atom stereocenters. The second-order valence-electron chi connectivity index (χ2n) is 7.23. The van der Waals surface area contributed by atoms with Gasteiger partial charge in [-0.1, -0.05) is 41.9 Å². The number of ether oxygens (including phenoxy) is 1. The van der Waals surface area contributed by atoms with Crippen LogP contribution in [0.2, 0.25) is 5.02 Å². The standard InChI is InChI=1S/C25H23ClN2O5/c1-2-31-32-17-16-27-24(29)23(18-6-4-3-5-7-18)28(25(27)30)20-10-14-22(15-11-20)33-21-12-8-19(26)9-13-21/h3-15,23H,2,16-17H2,1H3/t23-/m0/s1. The molecule has 1 saturated heterocycles. The summed E-state index contributed by atoms with van der Waals surface area (Å²) in [6.45, 7) is 2.36. The first-order chi connectivity index (χ1) is 16.1. The van der Waals surface area contributed by atoms with Crippen molar-refractivity contribution in [2.75, 3.05) is 24.7 Å². The maximum Gasteiger partial charge on any atom is 0.332 e. The van der Waals surface area contributed by atoms with Crippen LogP contribution < -0.4 is 9.64 Å². The Morgan fingerprint density at radius 1 is 0.848 bits per heavy atom. The maximum atomic E-state index is 13.3. The van der Waals surface area contributed by atoms with Gasteiger partial charge in [0, 0.05) is 10.7 Å². The minimum atomic E-state index is -0.770. The van der Waals surface area contributed by atoms with Crippen molar-refractivity contribution < 1.29 is 24.1 Å². The first-order valence-corrected chi connectivity index (χ1v) is 10.9. The molecule has 8 heteroatoms. The van der Waals surface area contributed by atoms with Gasteiger partial charge >= 0.3 is 6.03 Å². The van der Waals surface area contributed by atoms with Crippen LogP contribution in [0, 0.1) is 0 Å². The number of urea groups is 1. The predicted molar refractivity (Wildman–Crippen MR) is 124 cm³/mol. The van der Waals surface area contributed by atoms with E-state index in [0.29, 0.717) is 28.8 Å². The molecule has 0 bridgehead atoms. The summed E-state index contributed by atoms with van der Waals surface area (Å²) in [5.74, 6) is 0.923. The SMILES string of the molecule is CCOOCCN1C(=O)[C@H](c2ccccc2)N(c2ccc(Oc3ccc(Cl)cc3)cc2)C1=O. The third-order valence-corrected chi connectivity index (χ3v) is 5.33. The lowest BCUT2D eigenvalue weighted by Crippen LogP contribution is -2.35. The Morgan fingerprint density at radius 2 is 1.48 bits per heavy atom. The van der Waals surface area contributed by atoms with Crippen LogP contribution in [0.25, 0.3) is 0 Å². The number of hydrogen-bond donors (Lipinski definition) is 0. The van der Waals surface area contributed by atoms with Gasteiger partial charge in [0.15, 0.2) is 0 Å². The number of benzene rings is 3. The van der Waals surface area contributed by atoms with Gasteiger partial charge in [-0.05, 0) is 61.0 Å². The Labute approximate surface area is 197 Å². The number of anilines is 1. The van der Waals surface area contributed by atoms with Crippen LogP contribution >= 0.6 is 11.6 Å². The lowest BCUT2D eigenvalue weighted by Gasteiger charge is -2.22. The summed E-state index contributed by atoms with van der Waals surface area (Å²) in [6, 6.07) is 22.1. The van der Waals surface area contributed by atoms with E-state index < -0.39 is 12.1 Å². The molecule has 1 heterocycles. The van der Waals surface area contributed by atoms with Crippen molar-refractivity contribution in [2.45, 2.75) is 13.0 Å². The summed E-state index contributed by atoms with van der Waals surface area (Å²) < 4.78 is 5.84. The van der Waals surface area contributed by atoms with Gasteiger partial charge in [-0.15, -0.1) is 0 Å². The summed E-state index contributed by atoms with van der Waals surface area (Å²) in [5, 5.41) is 0.623. The number of hydrogen-bond acceptors (Lipinski definition) is 5. The molecule has 4 rings (SSSR count). The topological polar surface area (TPSA) is 68.3 Å². The monoisotopic (exact) mass is 466 g/mol. The van der Waals surface area contributed by atoms with Crippen molar-refractivity contribution in [3.63, 3.8) is 0 Å². The highest BCUT2D eigenvalue weighted by Crippen LogP contribution is 2.36. The molecule has 3 aromatic carbocycles. The maximum absolute atomic E-state index is 13.3. The smallest absolute Gasteiger partial charge is 0.332 e. The Balaban J connectivity index is 1.58. The van der Waals surface area contributed by atoms with Crippen LogP contribution in [0.4, 0.5) is 10.5 Å². The van der Waals surface area contributed by atoms with E-state index in [2.05, 4.69) is 0 Å². The van der Waals surface area contributed by atoms with Crippen LogP contribution in [-0.2, 0) is 14.6 Å². The first-order valence-electron chi connectivity index (χ1n) is 10.6. The van der Waals surface area contributed by atoms with Crippen LogP contribution in [0.3, 0.4) is 0 Å². The number of rotatable bonds is 9. The highest BCUT2D eigenvalue weighted by Gasteiger charge is 2.46. The highest BCUT2D eigenvalue weighted by atomic mass is 35.5. The van der Waals surface area contributed by atoms with Gasteiger partial charge in [0.05, 0.1) is 13.2 Å². The largest absolute Gasteiger partial charge is 0.457 e. The molecule has 0 N–H and O–H groups in total. The zero-order valence-corrected chi connectivity index (χ0v) is 18.8. The zero-order chi connectivity index (χ0) is 23.2. The van der Waals surface area contributed by atoms with Crippen molar-refractivity contribution in [2.24, 2.45) is 0 Å². The number of nitrogens with zero attached hydrogens (tertiary/aromatic N) is 2. The number of imide groups is 1. The fourth-order valence-electron chi connectivity index (χ4n) is 3.57. The van der Waals surface area contributed by atoms with Gasteiger partial charge in [-0.25, -0.2) is 14.6 Å². The average molecular weight is 467 g/mol. The van der Waals surface area contributed by atoms with Crippen molar-refractivity contribution in [3.8, 4) is 11.5 Å². The fourth-order valence-corrected chi connectivity index (χ4v) is 3.70. The Kier molecular flexibility index (Phi) is 7.24. The van der Waals surface area contributed by atoms with Gasteiger partial charge < -0.3 is 4.74 Å².